The third-order valence-corrected chi connectivity index (χ3v) is 5.56. The lowest BCUT2D eigenvalue weighted by Crippen LogP contribution is -2.33. The quantitative estimate of drug-likeness (QED) is 0.548. The Bertz CT molecular complexity index is 1080. The molecule has 0 radical (unpaired) electrons. The average molecular weight is 358 g/mol. The van der Waals surface area contributed by atoms with E-state index in [0.717, 1.165) is 54.3 Å². The second-order valence-electron chi connectivity index (χ2n) is 7.09. The van der Waals surface area contributed by atoms with Crippen LogP contribution in [0.15, 0.2) is 60.8 Å². The summed E-state index contributed by atoms with van der Waals surface area (Å²) in [6, 6.07) is 18.9. The molecule has 2 aromatic carbocycles. The molecule has 5 rings (SSSR count). The van der Waals surface area contributed by atoms with E-state index in [1.54, 1.807) is 7.11 Å². The number of hydrogen-bond donors (Lipinski definition) is 0. The molecule has 0 aliphatic carbocycles. The van der Waals surface area contributed by atoms with Crippen LogP contribution in [-0.4, -0.2) is 34.6 Å². The number of fused-ring (bicyclic) bond motifs is 3. The average Bonchev–Trinajstić information content (AvgIpc) is 3.11. The van der Waals surface area contributed by atoms with Crippen LogP contribution < -0.4 is 9.64 Å². The van der Waals surface area contributed by atoms with Gasteiger partial charge < -0.3 is 9.64 Å². The van der Waals surface area contributed by atoms with Gasteiger partial charge in [-0.1, -0.05) is 30.3 Å². The Labute approximate surface area is 158 Å². The smallest absolute Gasteiger partial charge is 0.236 e. The van der Waals surface area contributed by atoms with E-state index in [0.29, 0.717) is 5.92 Å². The summed E-state index contributed by atoms with van der Waals surface area (Å²) in [6.45, 7) is 2.05. The summed E-state index contributed by atoms with van der Waals surface area (Å²) in [5.74, 6) is 3.22. The van der Waals surface area contributed by atoms with Crippen molar-refractivity contribution in [1.29, 1.82) is 0 Å². The molecule has 0 bridgehead atoms. The number of nitrogens with zero attached hydrogens (tertiary/aromatic N) is 4. The molecule has 0 N–H and O–H groups in total. The third kappa shape index (κ3) is 2.89. The fraction of sp³-hybridized carbons (Fsp3) is 0.273. The van der Waals surface area contributed by atoms with Crippen molar-refractivity contribution in [2.24, 2.45) is 0 Å². The number of hydrogen-bond acceptors (Lipinski definition) is 4. The van der Waals surface area contributed by atoms with Gasteiger partial charge in [0, 0.05) is 25.4 Å². The van der Waals surface area contributed by atoms with Gasteiger partial charge in [-0.2, -0.15) is 4.98 Å². The molecule has 1 fully saturated rings. The second kappa shape index (κ2) is 6.58. The number of benzene rings is 2. The summed E-state index contributed by atoms with van der Waals surface area (Å²) >= 11 is 0. The molecule has 3 heterocycles. The number of methoxy groups -OCH3 is 1. The lowest BCUT2D eigenvalue weighted by molar-refractivity contribution is 0.415. The predicted molar refractivity (Wildman–Crippen MR) is 108 cm³/mol. The molecule has 0 amide bonds. The molecule has 1 saturated heterocycles. The van der Waals surface area contributed by atoms with Gasteiger partial charge in [0.15, 0.2) is 0 Å². The van der Waals surface area contributed by atoms with E-state index in [9.17, 15) is 0 Å². The number of piperidine rings is 1. The van der Waals surface area contributed by atoms with E-state index in [1.165, 1.54) is 5.56 Å². The van der Waals surface area contributed by atoms with E-state index < -0.39 is 0 Å². The zero-order valence-corrected chi connectivity index (χ0v) is 15.4. The minimum absolute atomic E-state index is 0.646. The molecule has 4 aromatic rings. The number of aromatic nitrogens is 3. The van der Waals surface area contributed by atoms with E-state index >= 15 is 0 Å². The minimum Gasteiger partial charge on any atom is -0.497 e. The monoisotopic (exact) mass is 358 g/mol. The van der Waals surface area contributed by atoms with Gasteiger partial charge in [0.1, 0.15) is 11.6 Å². The number of imidazole rings is 1. The Balaban J connectivity index is 1.40. The topological polar surface area (TPSA) is 42.7 Å². The van der Waals surface area contributed by atoms with E-state index in [-0.39, 0.29) is 0 Å². The summed E-state index contributed by atoms with van der Waals surface area (Å²) in [6.07, 6.45) is 4.38. The van der Waals surface area contributed by atoms with Gasteiger partial charge in [0.25, 0.3) is 0 Å². The molecule has 2 aromatic heterocycles. The second-order valence-corrected chi connectivity index (χ2v) is 7.09. The zero-order chi connectivity index (χ0) is 18.2. The highest BCUT2D eigenvalue weighted by molar-refractivity contribution is 5.81. The number of rotatable bonds is 3. The number of ether oxygens (including phenoxy) is 1. The van der Waals surface area contributed by atoms with E-state index in [4.69, 9.17) is 9.72 Å². The Morgan fingerprint density at radius 3 is 2.56 bits per heavy atom. The fourth-order valence-electron chi connectivity index (χ4n) is 4.04. The first-order valence-corrected chi connectivity index (χ1v) is 9.44. The standard InChI is InChI=1S/C22H22N4O/c1-27-18-7-8-19-20(15-18)26-14-11-21(24-22(26)23-19)25-12-9-17(10-13-25)16-5-3-2-4-6-16/h2-8,11,14-15,17H,9-10,12-13H2,1H3. The molecule has 0 spiro atoms. The maximum Gasteiger partial charge on any atom is 0.236 e. The van der Waals surface area contributed by atoms with Crippen molar-refractivity contribution in [1.82, 2.24) is 14.4 Å². The van der Waals surface area contributed by atoms with Gasteiger partial charge in [-0.15, -0.1) is 0 Å². The van der Waals surface area contributed by atoms with E-state index in [1.807, 2.05) is 22.6 Å². The molecule has 5 nitrogen and oxygen atoms in total. The predicted octanol–water partition coefficient (Wildman–Crippen LogP) is 4.28. The van der Waals surface area contributed by atoms with Gasteiger partial charge in [-0.3, -0.25) is 4.40 Å². The highest BCUT2D eigenvalue weighted by Gasteiger charge is 2.21. The van der Waals surface area contributed by atoms with Crippen LogP contribution in [-0.2, 0) is 0 Å². The summed E-state index contributed by atoms with van der Waals surface area (Å²) < 4.78 is 7.36. The van der Waals surface area contributed by atoms with Crippen molar-refractivity contribution in [3.05, 3.63) is 66.4 Å². The van der Waals surface area contributed by atoms with E-state index in [2.05, 4.69) is 52.5 Å². The summed E-state index contributed by atoms with van der Waals surface area (Å²) in [5.41, 5.74) is 3.41. The van der Waals surface area contributed by atoms with Crippen molar-refractivity contribution in [2.75, 3.05) is 25.1 Å². The van der Waals surface area contributed by atoms with Crippen molar-refractivity contribution in [3.63, 3.8) is 0 Å². The normalized spacial score (nSPS) is 15.5. The molecule has 27 heavy (non-hydrogen) atoms. The molecule has 136 valence electrons. The molecule has 0 atom stereocenters. The van der Waals surface area contributed by atoms with Crippen LogP contribution in [0.5, 0.6) is 5.75 Å². The van der Waals surface area contributed by atoms with Gasteiger partial charge in [0.05, 0.1) is 18.1 Å². The molecule has 0 unspecified atom stereocenters. The Hall–Kier alpha value is -3.08. The largest absolute Gasteiger partial charge is 0.497 e. The van der Waals surface area contributed by atoms with Crippen LogP contribution in [0.3, 0.4) is 0 Å². The molecule has 1 aliphatic heterocycles. The maximum absolute atomic E-state index is 5.34. The molecular weight excluding hydrogens is 336 g/mol. The van der Waals surface area contributed by atoms with Crippen LogP contribution in [0.4, 0.5) is 5.82 Å². The first-order chi connectivity index (χ1) is 13.3. The van der Waals surface area contributed by atoms with Crippen molar-refractivity contribution in [3.8, 4) is 5.75 Å². The fourth-order valence-corrected chi connectivity index (χ4v) is 4.04. The molecular formula is C22H22N4O. The first kappa shape index (κ1) is 16.1. The molecule has 0 saturated carbocycles. The summed E-state index contributed by atoms with van der Waals surface area (Å²) in [4.78, 5) is 11.9. The van der Waals surface area contributed by atoms with Crippen LogP contribution in [0.25, 0.3) is 16.8 Å². The van der Waals surface area contributed by atoms with Crippen molar-refractivity contribution >= 4 is 22.6 Å². The number of anilines is 1. The van der Waals surface area contributed by atoms with Crippen molar-refractivity contribution < 1.29 is 4.74 Å². The van der Waals surface area contributed by atoms with Crippen LogP contribution in [0, 0.1) is 0 Å². The van der Waals surface area contributed by atoms with Gasteiger partial charge in [-0.05, 0) is 42.5 Å². The van der Waals surface area contributed by atoms with Crippen LogP contribution in [0.2, 0.25) is 0 Å². The van der Waals surface area contributed by atoms with Gasteiger partial charge >= 0.3 is 0 Å². The lowest BCUT2D eigenvalue weighted by atomic mass is 9.89. The van der Waals surface area contributed by atoms with Gasteiger partial charge in [0.2, 0.25) is 5.78 Å². The Morgan fingerprint density at radius 1 is 0.963 bits per heavy atom. The third-order valence-electron chi connectivity index (χ3n) is 5.56. The highest BCUT2D eigenvalue weighted by Crippen LogP contribution is 2.30. The minimum atomic E-state index is 0.646. The highest BCUT2D eigenvalue weighted by atomic mass is 16.5. The Morgan fingerprint density at radius 2 is 1.78 bits per heavy atom. The summed E-state index contributed by atoms with van der Waals surface area (Å²) in [5, 5.41) is 0. The van der Waals surface area contributed by atoms with Crippen molar-refractivity contribution in [2.45, 2.75) is 18.8 Å². The zero-order valence-electron chi connectivity index (χ0n) is 15.4. The van der Waals surface area contributed by atoms with Crippen LogP contribution in [0.1, 0.15) is 24.3 Å². The molecule has 5 heteroatoms. The molecule has 1 aliphatic rings. The van der Waals surface area contributed by atoms with Crippen LogP contribution >= 0.6 is 0 Å². The van der Waals surface area contributed by atoms with Gasteiger partial charge in [-0.25, -0.2) is 4.98 Å². The first-order valence-electron chi connectivity index (χ1n) is 9.44. The summed E-state index contributed by atoms with van der Waals surface area (Å²) in [7, 11) is 1.68. The SMILES string of the molecule is COc1ccc2nc3nc(N4CCC(c5ccccc5)CC4)ccn3c2c1. The Kier molecular flexibility index (Phi) is 3.93. The lowest BCUT2D eigenvalue weighted by Gasteiger charge is -2.33. The maximum atomic E-state index is 5.34.